The van der Waals surface area contributed by atoms with Crippen LogP contribution >= 0.6 is 0 Å². The number of anilines is 1. The van der Waals surface area contributed by atoms with Crippen molar-refractivity contribution >= 4 is 27.5 Å². The molecule has 1 aliphatic heterocycles. The van der Waals surface area contributed by atoms with Gasteiger partial charge in [-0.25, -0.2) is 8.42 Å². The summed E-state index contributed by atoms with van der Waals surface area (Å²) in [6.45, 7) is 6.79. The zero-order chi connectivity index (χ0) is 23.0. The molecule has 1 aliphatic rings. The van der Waals surface area contributed by atoms with E-state index in [1.807, 2.05) is 0 Å². The molecule has 0 radical (unpaired) electrons. The lowest BCUT2D eigenvalue weighted by Gasteiger charge is -2.20. The highest BCUT2D eigenvalue weighted by Crippen LogP contribution is 2.25. The quantitative estimate of drug-likeness (QED) is 0.306. The van der Waals surface area contributed by atoms with E-state index in [9.17, 15) is 13.2 Å². The molecule has 3 rings (SSSR count). The second-order valence-corrected chi connectivity index (χ2v) is 10.5. The van der Waals surface area contributed by atoms with Crippen LogP contribution in [-0.4, -0.2) is 37.6 Å². The second kappa shape index (κ2) is 8.32. The van der Waals surface area contributed by atoms with Gasteiger partial charge in [0.2, 0.25) is 15.9 Å². The Bertz CT molecular complexity index is 1100. The van der Waals surface area contributed by atoms with Crippen LogP contribution in [0.25, 0.3) is 0 Å². The number of nitrogens with two attached hydrogens (primary N) is 2. The highest BCUT2D eigenvalue weighted by atomic mass is 32.2. The van der Waals surface area contributed by atoms with Crippen molar-refractivity contribution in [1.82, 2.24) is 9.62 Å². The third-order valence-corrected chi connectivity index (χ3v) is 6.93. The standard InChI is InChI=1S/C22H29N5O3S/c1-22(2,3)16-5-7-17(8-6-16)31(29,30)26-19-10-11-27(21(19)28)13-15-12-14(20(24)25)4-9-18(15)23/h4-9,12,19,26H,10-11,13,23H2,1-3H3,(H3,24,25)/t19-/m0/s1. The maximum Gasteiger partial charge on any atom is 0.241 e. The number of benzene rings is 2. The Balaban J connectivity index is 1.71. The van der Waals surface area contributed by atoms with Crippen molar-refractivity contribution < 1.29 is 13.2 Å². The van der Waals surface area contributed by atoms with Gasteiger partial charge in [0.1, 0.15) is 11.9 Å². The van der Waals surface area contributed by atoms with Gasteiger partial charge in [-0.1, -0.05) is 32.9 Å². The van der Waals surface area contributed by atoms with Gasteiger partial charge >= 0.3 is 0 Å². The lowest BCUT2D eigenvalue weighted by molar-refractivity contribution is -0.129. The summed E-state index contributed by atoms with van der Waals surface area (Å²) in [6.07, 6.45) is 0.366. The fourth-order valence-electron chi connectivity index (χ4n) is 3.51. The first-order valence-corrected chi connectivity index (χ1v) is 11.5. The summed E-state index contributed by atoms with van der Waals surface area (Å²) in [4.78, 5) is 14.5. The van der Waals surface area contributed by atoms with E-state index in [1.165, 1.54) is 0 Å². The van der Waals surface area contributed by atoms with Gasteiger partial charge < -0.3 is 16.4 Å². The molecule has 0 spiro atoms. The predicted molar refractivity (Wildman–Crippen MR) is 121 cm³/mol. The number of carbonyl (C=O) groups is 1. The topological polar surface area (TPSA) is 142 Å². The van der Waals surface area contributed by atoms with Gasteiger partial charge in [-0.2, -0.15) is 4.72 Å². The van der Waals surface area contributed by atoms with Crippen LogP contribution in [0, 0.1) is 5.41 Å². The summed E-state index contributed by atoms with van der Waals surface area (Å²) in [6, 6.07) is 10.9. The largest absolute Gasteiger partial charge is 0.398 e. The molecule has 0 bridgehead atoms. The van der Waals surface area contributed by atoms with Crippen LogP contribution in [0.2, 0.25) is 0 Å². The van der Waals surface area contributed by atoms with Crippen molar-refractivity contribution in [2.75, 3.05) is 12.3 Å². The number of likely N-dealkylation sites (tertiary alicyclic amines) is 1. The minimum Gasteiger partial charge on any atom is -0.398 e. The number of carbonyl (C=O) groups excluding carboxylic acids is 1. The highest BCUT2D eigenvalue weighted by Gasteiger charge is 2.35. The van der Waals surface area contributed by atoms with Gasteiger partial charge in [0, 0.05) is 24.3 Å². The van der Waals surface area contributed by atoms with Crippen LogP contribution in [0.4, 0.5) is 5.69 Å². The van der Waals surface area contributed by atoms with Crippen LogP contribution in [0.5, 0.6) is 0 Å². The van der Waals surface area contributed by atoms with Crippen molar-refractivity contribution in [3.05, 3.63) is 59.2 Å². The van der Waals surface area contributed by atoms with E-state index < -0.39 is 16.1 Å². The number of sulfonamides is 1. The second-order valence-electron chi connectivity index (χ2n) is 8.82. The van der Waals surface area contributed by atoms with Gasteiger partial charge in [0.25, 0.3) is 0 Å². The SMILES string of the molecule is CC(C)(C)c1ccc(S(=O)(=O)N[C@H]2CCN(Cc3cc(C(=N)N)ccc3N)C2=O)cc1. The molecule has 0 aliphatic carbocycles. The first kappa shape index (κ1) is 22.8. The average molecular weight is 444 g/mol. The number of nitrogens with one attached hydrogen (secondary N) is 2. The summed E-state index contributed by atoms with van der Waals surface area (Å²) in [5, 5.41) is 7.57. The molecule has 31 heavy (non-hydrogen) atoms. The number of amidine groups is 1. The monoisotopic (exact) mass is 443 g/mol. The van der Waals surface area contributed by atoms with Crippen molar-refractivity contribution in [1.29, 1.82) is 5.41 Å². The Hall–Kier alpha value is -2.91. The molecule has 9 heteroatoms. The number of nitrogen functional groups attached to an aromatic ring is 2. The molecule has 166 valence electrons. The molecule has 0 saturated carbocycles. The van der Waals surface area contributed by atoms with Gasteiger partial charge in [-0.05, 0) is 53.3 Å². The molecule has 6 N–H and O–H groups in total. The van der Waals surface area contributed by atoms with E-state index in [0.717, 1.165) is 5.56 Å². The number of hydrogen-bond donors (Lipinski definition) is 4. The fraction of sp³-hybridized carbons (Fsp3) is 0.364. The third-order valence-electron chi connectivity index (χ3n) is 5.44. The zero-order valence-corrected chi connectivity index (χ0v) is 18.8. The van der Waals surface area contributed by atoms with Gasteiger partial charge in [0.05, 0.1) is 4.90 Å². The van der Waals surface area contributed by atoms with E-state index in [0.29, 0.717) is 29.8 Å². The third kappa shape index (κ3) is 5.05. The van der Waals surface area contributed by atoms with Gasteiger partial charge in [0.15, 0.2) is 0 Å². The Morgan fingerprint density at radius 3 is 2.42 bits per heavy atom. The molecular formula is C22H29N5O3S. The van der Waals surface area contributed by atoms with Crippen molar-refractivity contribution in [3.8, 4) is 0 Å². The van der Waals surface area contributed by atoms with Crippen molar-refractivity contribution in [2.24, 2.45) is 5.73 Å². The number of hydrogen-bond acceptors (Lipinski definition) is 5. The summed E-state index contributed by atoms with van der Waals surface area (Å²) < 4.78 is 28.1. The van der Waals surface area contributed by atoms with Gasteiger partial charge in [-0.3, -0.25) is 10.2 Å². The molecule has 2 aromatic rings. The zero-order valence-electron chi connectivity index (χ0n) is 18.0. The van der Waals surface area contributed by atoms with E-state index in [1.54, 1.807) is 47.4 Å². The normalized spacial score (nSPS) is 17.2. The van der Waals surface area contributed by atoms with Crippen LogP contribution in [0.1, 0.15) is 43.9 Å². The maximum atomic E-state index is 12.8. The highest BCUT2D eigenvalue weighted by molar-refractivity contribution is 7.89. The smallest absolute Gasteiger partial charge is 0.241 e. The minimum absolute atomic E-state index is 0.0841. The summed E-state index contributed by atoms with van der Waals surface area (Å²) >= 11 is 0. The maximum absolute atomic E-state index is 12.8. The first-order valence-electron chi connectivity index (χ1n) is 10.0. The Morgan fingerprint density at radius 1 is 1.19 bits per heavy atom. The molecule has 1 saturated heterocycles. The molecule has 1 amide bonds. The molecule has 0 aromatic heterocycles. The van der Waals surface area contributed by atoms with Gasteiger partial charge in [-0.15, -0.1) is 0 Å². The summed E-state index contributed by atoms with van der Waals surface area (Å²) in [5.41, 5.74) is 14.2. The average Bonchev–Trinajstić information content (AvgIpc) is 3.02. The summed E-state index contributed by atoms with van der Waals surface area (Å²) in [7, 11) is -3.83. The Morgan fingerprint density at radius 2 is 1.84 bits per heavy atom. The van der Waals surface area contributed by atoms with Crippen LogP contribution in [-0.2, 0) is 26.8 Å². The fourth-order valence-corrected chi connectivity index (χ4v) is 4.73. The van der Waals surface area contributed by atoms with Crippen LogP contribution in [0.3, 0.4) is 0 Å². The Labute approximate surface area is 183 Å². The van der Waals surface area contributed by atoms with E-state index in [4.69, 9.17) is 16.9 Å². The minimum atomic E-state index is -3.83. The number of rotatable bonds is 6. The lowest BCUT2D eigenvalue weighted by Crippen LogP contribution is -2.41. The van der Waals surface area contributed by atoms with E-state index in [-0.39, 0.29) is 28.6 Å². The van der Waals surface area contributed by atoms with E-state index in [2.05, 4.69) is 25.5 Å². The van der Waals surface area contributed by atoms with Crippen LogP contribution in [0.15, 0.2) is 47.4 Å². The van der Waals surface area contributed by atoms with Crippen molar-refractivity contribution in [2.45, 2.75) is 50.1 Å². The lowest BCUT2D eigenvalue weighted by atomic mass is 9.87. The molecule has 0 unspecified atom stereocenters. The predicted octanol–water partition coefficient (Wildman–Crippen LogP) is 1.93. The summed E-state index contributed by atoms with van der Waals surface area (Å²) in [5.74, 6) is -0.389. The van der Waals surface area contributed by atoms with Crippen LogP contribution < -0.4 is 16.2 Å². The molecule has 1 atom stereocenters. The molecular weight excluding hydrogens is 414 g/mol. The van der Waals surface area contributed by atoms with Crippen molar-refractivity contribution in [3.63, 3.8) is 0 Å². The molecule has 1 heterocycles. The Kier molecular flexibility index (Phi) is 6.11. The molecule has 8 nitrogen and oxygen atoms in total. The first-order chi connectivity index (χ1) is 14.4. The molecule has 1 fully saturated rings. The number of amides is 1. The van der Waals surface area contributed by atoms with E-state index >= 15 is 0 Å². The number of nitrogens with zero attached hydrogens (tertiary/aromatic N) is 1. The molecule has 2 aromatic carbocycles.